The third-order valence-corrected chi connectivity index (χ3v) is 4.25. The normalized spacial score (nSPS) is 17.5. The predicted molar refractivity (Wildman–Crippen MR) is 87.1 cm³/mol. The molecule has 1 aliphatic heterocycles. The highest BCUT2D eigenvalue weighted by atomic mass is 19.4. The van der Waals surface area contributed by atoms with Crippen molar-refractivity contribution in [1.29, 1.82) is 0 Å². The van der Waals surface area contributed by atoms with Gasteiger partial charge in [0.05, 0.1) is 0 Å². The fraction of sp³-hybridized carbons (Fsp3) is 0.412. The van der Waals surface area contributed by atoms with Crippen LogP contribution in [-0.2, 0) is 12.6 Å². The third-order valence-electron chi connectivity index (χ3n) is 4.25. The maximum absolute atomic E-state index is 12.7. The van der Waals surface area contributed by atoms with Gasteiger partial charge in [0.15, 0.2) is 0 Å². The van der Waals surface area contributed by atoms with E-state index in [4.69, 9.17) is 0 Å². The molecule has 128 valence electrons. The number of fused-ring (bicyclic) bond motifs is 1. The first-order chi connectivity index (χ1) is 11.4. The molecule has 2 aromatic rings. The summed E-state index contributed by atoms with van der Waals surface area (Å²) in [6, 6.07) is 9.51. The van der Waals surface area contributed by atoms with Gasteiger partial charge in [0, 0.05) is 31.0 Å². The Labute approximate surface area is 138 Å². The van der Waals surface area contributed by atoms with Crippen molar-refractivity contribution in [3.05, 3.63) is 47.8 Å². The van der Waals surface area contributed by atoms with Gasteiger partial charge in [-0.15, -0.1) is 0 Å². The largest absolute Gasteiger partial charge is 0.433 e. The zero-order chi connectivity index (χ0) is 17.2. The van der Waals surface area contributed by atoms with E-state index in [0.29, 0.717) is 19.1 Å². The molecule has 1 unspecified atom stereocenters. The Morgan fingerprint density at radius 1 is 1.25 bits per heavy atom. The fourth-order valence-electron chi connectivity index (χ4n) is 2.99. The zero-order valence-corrected chi connectivity index (χ0v) is 13.3. The molecular weight excluding hydrogens is 317 g/mol. The summed E-state index contributed by atoms with van der Waals surface area (Å²) in [6.07, 6.45) is -1.22. The second-order valence-electron chi connectivity index (χ2n) is 5.90. The van der Waals surface area contributed by atoms with E-state index in [1.54, 1.807) is 0 Å². The Bertz CT molecular complexity index is 702. The smallest absolute Gasteiger partial charge is 0.367 e. The maximum atomic E-state index is 12.7. The van der Waals surface area contributed by atoms with Crippen molar-refractivity contribution in [2.24, 2.45) is 0 Å². The number of aromatic nitrogens is 2. The molecule has 0 spiro atoms. The Hall–Kier alpha value is -2.31. The third kappa shape index (κ3) is 3.60. The van der Waals surface area contributed by atoms with Crippen molar-refractivity contribution in [2.45, 2.75) is 32.0 Å². The summed E-state index contributed by atoms with van der Waals surface area (Å²) in [7, 11) is 0. The van der Waals surface area contributed by atoms with Gasteiger partial charge in [-0.05, 0) is 37.5 Å². The van der Waals surface area contributed by atoms with Crippen molar-refractivity contribution in [3.63, 3.8) is 0 Å². The number of halogens is 3. The van der Waals surface area contributed by atoms with Crippen molar-refractivity contribution in [2.75, 3.05) is 23.3 Å². The number of aryl methyl sites for hydroxylation is 1. The van der Waals surface area contributed by atoms with Gasteiger partial charge in [-0.25, -0.2) is 9.97 Å². The lowest BCUT2D eigenvalue weighted by Gasteiger charge is -2.37. The quantitative estimate of drug-likeness (QED) is 0.923. The van der Waals surface area contributed by atoms with Gasteiger partial charge in [-0.1, -0.05) is 18.2 Å². The van der Waals surface area contributed by atoms with Crippen molar-refractivity contribution >= 4 is 11.6 Å². The molecule has 4 nitrogen and oxygen atoms in total. The number of rotatable bonds is 4. The van der Waals surface area contributed by atoms with E-state index in [1.807, 2.05) is 12.1 Å². The number of benzene rings is 1. The Morgan fingerprint density at radius 3 is 2.83 bits per heavy atom. The molecule has 0 bridgehead atoms. The summed E-state index contributed by atoms with van der Waals surface area (Å²) in [5.74, 6) is 0.00257. The molecule has 1 aromatic heterocycles. The number of nitrogens with one attached hydrogen (secondary N) is 1. The molecule has 7 heteroatoms. The van der Waals surface area contributed by atoms with Crippen LogP contribution < -0.4 is 10.2 Å². The van der Waals surface area contributed by atoms with Crippen LogP contribution in [0, 0.1) is 0 Å². The molecule has 0 radical (unpaired) electrons. The molecule has 1 aromatic carbocycles. The van der Waals surface area contributed by atoms with Crippen LogP contribution in [0.15, 0.2) is 36.5 Å². The Kier molecular flexibility index (Phi) is 4.59. The van der Waals surface area contributed by atoms with Crippen molar-refractivity contribution in [1.82, 2.24) is 9.97 Å². The van der Waals surface area contributed by atoms with Gasteiger partial charge >= 0.3 is 6.18 Å². The second kappa shape index (κ2) is 6.67. The minimum atomic E-state index is -4.46. The van der Waals surface area contributed by atoms with Gasteiger partial charge in [-0.3, -0.25) is 0 Å². The number of hydrogen-bond donors (Lipinski definition) is 1. The summed E-state index contributed by atoms with van der Waals surface area (Å²) in [6.45, 7) is 3.31. The Balaban J connectivity index is 1.65. The molecule has 0 aliphatic carbocycles. The second-order valence-corrected chi connectivity index (χ2v) is 5.90. The molecule has 2 heterocycles. The van der Waals surface area contributed by atoms with Gasteiger partial charge in [0.2, 0.25) is 5.95 Å². The average molecular weight is 336 g/mol. The van der Waals surface area contributed by atoms with E-state index in [1.165, 1.54) is 11.3 Å². The highest BCUT2D eigenvalue weighted by Crippen LogP contribution is 2.30. The van der Waals surface area contributed by atoms with E-state index in [2.05, 4.69) is 39.2 Å². The lowest BCUT2D eigenvalue weighted by atomic mass is 9.97. The van der Waals surface area contributed by atoms with Crippen LogP contribution in [0.5, 0.6) is 0 Å². The van der Waals surface area contributed by atoms with Crippen LogP contribution in [0.1, 0.15) is 24.6 Å². The number of nitrogens with zero attached hydrogens (tertiary/aromatic N) is 3. The van der Waals surface area contributed by atoms with E-state index in [9.17, 15) is 13.2 Å². The molecule has 1 aliphatic rings. The van der Waals surface area contributed by atoms with Gasteiger partial charge < -0.3 is 10.2 Å². The highest BCUT2D eigenvalue weighted by Gasteiger charge is 2.32. The summed E-state index contributed by atoms with van der Waals surface area (Å²) in [5.41, 5.74) is 1.57. The molecule has 0 fully saturated rings. The van der Waals surface area contributed by atoms with Crippen LogP contribution in [0.4, 0.5) is 24.8 Å². The lowest BCUT2D eigenvalue weighted by molar-refractivity contribution is -0.141. The van der Waals surface area contributed by atoms with Crippen LogP contribution in [-0.4, -0.2) is 29.1 Å². The maximum Gasteiger partial charge on any atom is 0.433 e. The summed E-state index contributed by atoms with van der Waals surface area (Å²) >= 11 is 0. The number of hydrogen-bond acceptors (Lipinski definition) is 4. The van der Waals surface area contributed by atoms with Gasteiger partial charge in [0.25, 0.3) is 0 Å². The van der Waals surface area contributed by atoms with Crippen molar-refractivity contribution < 1.29 is 13.2 Å². The summed E-state index contributed by atoms with van der Waals surface area (Å²) in [5, 5.41) is 2.89. The molecule has 0 amide bonds. The SMILES string of the molecule is CC1CCc2ccccc2N1CCNc1nccc(C(F)(F)F)n1. The Morgan fingerprint density at radius 2 is 2.04 bits per heavy atom. The molecule has 0 saturated heterocycles. The molecule has 1 N–H and O–H groups in total. The fourth-order valence-corrected chi connectivity index (χ4v) is 2.99. The number of alkyl halides is 3. The number of anilines is 2. The molecule has 1 atom stereocenters. The molecule has 24 heavy (non-hydrogen) atoms. The minimum absolute atomic E-state index is 0.00257. The van der Waals surface area contributed by atoms with Crippen molar-refractivity contribution in [3.8, 4) is 0 Å². The molecule has 3 rings (SSSR count). The zero-order valence-electron chi connectivity index (χ0n) is 13.3. The molecule has 0 saturated carbocycles. The highest BCUT2D eigenvalue weighted by molar-refractivity contribution is 5.56. The van der Waals surface area contributed by atoms with Gasteiger partial charge in [-0.2, -0.15) is 13.2 Å². The van der Waals surface area contributed by atoms with E-state index >= 15 is 0 Å². The summed E-state index contributed by atoms with van der Waals surface area (Å²) in [4.78, 5) is 9.66. The van der Waals surface area contributed by atoms with Crippen LogP contribution in [0.3, 0.4) is 0 Å². The lowest BCUT2D eigenvalue weighted by Crippen LogP contribution is -2.40. The first kappa shape index (κ1) is 16.5. The number of para-hydroxylation sites is 1. The van der Waals surface area contributed by atoms with Crippen LogP contribution in [0.2, 0.25) is 0 Å². The van der Waals surface area contributed by atoms with E-state index < -0.39 is 11.9 Å². The van der Waals surface area contributed by atoms with Crippen LogP contribution >= 0.6 is 0 Å². The summed E-state index contributed by atoms with van der Waals surface area (Å²) < 4.78 is 38.0. The first-order valence-electron chi connectivity index (χ1n) is 7.94. The standard InChI is InChI=1S/C17H19F3N4/c1-12-6-7-13-4-2-3-5-14(13)24(12)11-10-22-16-21-9-8-15(23-16)17(18,19)20/h2-5,8-9,12H,6-7,10-11H2,1H3,(H,21,22,23). The monoisotopic (exact) mass is 336 g/mol. The first-order valence-corrected chi connectivity index (χ1v) is 7.94. The molecular formula is C17H19F3N4. The average Bonchev–Trinajstić information content (AvgIpc) is 2.56. The van der Waals surface area contributed by atoms with Gasteiger partial charge in [0.1, 0.15) is 5.69 Å². The topological polar surface area (TPSA) is 41.0 Å². The van der Waals surface area contributed by atoms with E-state index in [0.717, 1.165) is 25.1 Å². The van der Waals surface area contributed by atoms with Crippen LogP contribution in [0.25, 0.3) is 0 Å². The van der Waals surface area contributed by atoms with E-state index in [-0.39, 0.29) is 5.95 Å². The predicted octanol–water partition coefficient (Wildman–Crippen LogP) is 3.75. The minimum Gasteiger partial charge on any atom is -0.367 e.